The Morgan fingerprint density at radius 1 is 1.33 bits per heavy atom. The SMILES string of the molecule is C#CC(=O)N(c1ccc2c(c1)NC(=O)CO2)C1(C(=O)O)CCCC1. The summed E-state index contributed by atoms with van der Waals surface area (Å²) in [4.78, 5) is 36.9. The Balaban J connectivity index is 2.09. The van der Waals surface area contributed by atoms with Gasteiger partial charge in [0.15, 0.2) is 6.61 Å². The zero-order chi connectivity index (χ0) is 17.3. The molecule has 0 atom stereocenters. The molecule has 1 heterocycles. The molecule has 1 aromatic carbocycles. The largest absolute Gasteiger partial charge is 0.482 e. The van der Waals surface area contributed by atoms with Gasteiger partial charge in [0, 0.05) is 5.69 Å². The molecule has 1 fully saturated rings. The number of rotatable bonds is 3. The van der Waals surface area contributed by atoms with Gasteiger partial charge in [-0.3, -0.25) is 14.5 Å². The van der Waals surface area contributed by atoms with Crippen molar-refractivity contribution in [2.75, 3.05) is 16.8 Å². The first-order valence-corrected chi connectivity index (χ1v) is 7.59. The van der Waals surface area contributed by atoms with E-state index in [0.29, 0.717) is 42.8 Å². The van der Waals surface area contributed by atoms with E-state index in [2.05, 4.69) is 5.32 Å². The average Bonchev–Trinajstić information content (AvgIpc) is 3.05. The summed E-state index contributed by atoms with van der Waals surface area (Å²) >= 11 is 0. The summed E-state index contributed by atoms with van der Waals surface area (Å²) in [7, 11) is 0. The molecule has 0 aromatic heterocycles. The van der Waals surface area contributed by atoms with Gasteiger partial charge in [0.1, 0.15) is 11.3 Å². The second-order valence-electron chi connectivity index (χ2n) is 5.85. The fourth-order valence-electron chi connectivity index (χ4n) is 3.33. The Labute approximate surface area is 138 Å². The van der Waals surface area contributed by atoms with Gasteiger partial charge in [0.25, 0.3) is 5.91 Å². The van der Waals surface area contributed by atoms with Crippen LogP contribution in [0.3, 0.4) is 0 Å². The van der Waals surface area contributed by atoms with Crippen LogP contribution in [0.5, 0.6) is 5.75 Å². The summed E-state index contributed by atoms with van der Waals surface area (Å²) in [6.07, 6.45) is 7.33. The predicted molar refractivity (Wildman–Crippen MR) is 85.7 cm³/mol. The van der Waals surface area contributed by atoms with Crippen LogP contribution in [-0.4, -0.2) is 35.0 Å². The van der Waals surface area contributed by atoms with E-state index in [4.69, 9.17) is 11.2 Å². The molecule has 0 spiro atoms. The van der Waals surface area contributed by atoms with E-state index in [0.717, 1.165) is 4.90 Å². The van der Waals surface area contributed by atoms with Crippen LogP contribution in [0.2, 0.25) is 0 Å². The molecule has 124 valence electrons. The van der Waals surface area contributed by atoms with Gasteiger partial charge in [0.2, 0.25) is 0 Å². The normalized spacial score (nSPS) is 17.9. The molecule has 7 heteroatoms. The number of fused-ring (bicyclic) bond motifs is 1. The second kappa shape index (κ2) is 5.89. The Morgan fingerprint density at radius 2 is 2.04 bits per heavy atom. The number of terminal acetylenes is 1. The molecule has 0 bridgehead atoms. The van der Waals surface area contributed by atoms with Crippen LogP contribution >= 0.6 is 0 Å². The van der Waals surface area contributed by atoms with E-state index in [-0.39, 0.29) is 12.5 Å². The van der Waals surface area contributed by atoms with E-state index in [1.54, 1.807) is 12.1 Å². The molecule has 1 saturated carbocycles. The number of carboxylic acid groups (broad SMARTS) is 1. The number of hydrogen-bond acceptors (Lipinski definition) is 4. The molecule has 2 N–H and O–H groups in total. The first kappa shape index (κ1) is 15.9. The lowest BCUT2D eigenvalue weighted by Crippen LogP contribution is -2.55. The van der Waals surface area contributed by atoms with Crippen LogP contribution in [0, 0.1) is 12.3 Å². The number of nitrogens with zero attached hydrogens (tertiary/aromatic N) is 1. The van der Waals surface area contributed by atoms with Crippen molar-refractivity contribution in [2.24, 2.45) is 0 Å². The predicted octanol–water partition coefficient (Wildman–Crippen LogP) is 1.38. The maximum atomic E-state index is 12.3. The molecule has 0 unspecified atom stereocenters. The number of nitrogens with one attached hydrogen (secondary N) is 1. The summed E-state index contributed by atoms with van der Waals surface area (Å²) in [5.74, 6) is 0.356. The Kier molecular flexibility index (Phi) is 3.89. The minimum Gasteiger partial charge on any atom is -0.482 e. The van der Waals surface area contributed by atoms with Gasteiger partial charge in [-0.1, -0.05) is 12.8 Å². The van der Waals surface area contributed by atoms with Gasteiger partial charge in [-0.2, -0.15) is 0 Å². The summed E-state index contributed by atoms with van der Waals surface area (Å²) in [5.41, 5.74) is -0.652. The molecule has 2 amide bonds. The summed E-state index contributed by atoms with van der Waals surface area (Å²) in [6.45, 7) is -0.0849. The average molecular weight is 328 g/mol. The molecule has 1 aliphatic carbocycles. The molecule has 3 rings (SSSR count). The molecular formula is C17H16N2O5. The number of ether oxygens (including phenoxy) is 1. The fourth-order valence-corrected chi connectivity index (χ4v) is 3.33. The quantitative estimate of drug-likeness (QED) is 0.817. The number of benzene rings is 1. The van der Waals surface area contributed by atoms with Crippen LogP contribution < -0.4 is 15.0 Å². The number of anilines is 2. The zero-order valence-corrected chi connectivity index (χ0v) is 12.9. The van der Waals surface area contributed by atoms with Crippen molar-refractivity contribution in [1.29, 1.82) is 0 Å². The highest BCUT2D eigenvalue weighted by atomic mass is 16.5. The van der Waals surface area contributed by atoms with Gasteiger partial charge in [-0.25, -0.2) is 4.79 Å². The van der Waals surface area contributed by atoms with Crippen LogP contribution in [0.15, 0.2) is 18.2 Å². The van der Waals surface area contributed by atoms with Crippen molar-refractivity contribution in [1.82, 2.24) is 0 Å². The lowest BCUT2D eigenvalue weighted by atomic mass is 9.93. The third-order valence-corrected chi connectivity index (χ3v) is 4.44. The maximum Gasteiger partial charge on any atom is 0.330 e. The van der Waals surface area contributed by atoms with E-state index >= 15 is 0 Å². The van der Waals surface area contributed by atoms with Crippen molar-refractivity contribution < 1.29 is 24.2 Å². The molecule has 1 aromatic rings. The first-order valence-electron chi connectivity index (χ1n) is 7.59. The zero-order valence-electron chi connectivity index (χ0n) is 12.9. The fraction of sp³-hybridized carbons (Fsp3) is 0.353. The highest BCUT2D eigenvalue weighted by molar-refractivity contribution is 6.11. The smallest absolute Gasteiger partial charge is 0.330 e. The van der Waals surface area contributed by atoms with E-state index in [1.807, 2.05) is 5.92 Å². The number of amides is 2. The Morgan fingerprint density at radius 3 is 2.67 bits per heavy atom. The molecule has 0 saturated heterocycles. The van der Waals surface area contributed by atoms with Crippen LogP contribution in [-0.2, 0) is 14.4 Å². The number of carbonyl (C=O) groups is 3. The lowest BCUT2D eigenvalue weighted by Gasteiger charge is -2.37. The van der Waals surface area contributed by atoms with Crippen molar-refractivity contribution in [2.45, 2.75) is 31.2 Å². The third-order valence-electron chi connectivity index (χ3n) is 4.44. The molecule has 24 heavy (non-hydrogen) atoms. The van der Waals surface area contributed by atoms with Gasteiger partial charge in [-0.05, 0) is 37.0 Å². The second-order valence-corrected chi connectivity index (χ2v) is 5.85. The third kappa shape index (κ3) is 2.46. The number of hydrogen-bond donors (Lipinski definition) is 2. The van der Waals surface area contributed by atoms with E-state index in [1.165, 1.54) is 6.07 Å². The Bertz CT molecular complexity index is 759. The molecular weight excluding hydrogens is 312 g/mol. The highest BCUT2D eigenvalue weighted by Gasteiger charge is 2.49. The highest BCUT2D eigenvalue weighted by Crippen LogP contribution is 2.41. The molecule has 7 nitrogen and oxygen atoms in total. The standard InChI is InChI=1S/C17H16N2O5/c1-2-15(21)19(17(16(22)23)7-3-4-8-17)11-5-6-13-12(9-11)18-14(20)10-24-13/h1,5-6,9H,3-4,7-8,10H2,(H,18,20)(H,22,23). The maximum absolute atomic E-state index is 12.3. The van der Waals surface area contributed by atoms with E-state index < -0.39 is 17.4 Å². The van der Waals surface area contributed by atoms with Gasteiger partial charge >= 0.3 is 11.9 Å². The molecule has 0 radical (unpaired) electrons. The summed E-state index contributed by atoms with van der Waals surface area (Å²) < 4.78 is 5.28. The lowest BCUT2D eigenvalue weighted by molar-refractivity contribution is -0.144. The molecule has 2 aliphatic rings. The summed E-state index contributed by atoms with van der Waals surface area (Å²) in [6, 6.07) is 4.69. The first-order chi connectivity index (χ1) is 11.5. The van der Waals surface area contributed by atoms with Crippen molar-refractivity contribution in [3.05, 3.63) is 18.2 Å². The Hall–Kier alpha value is -3.01. The number of carboxylic acids is 1. The number of aliphatic carboxylic acids is 1. The van der Waals surface area contributed by atoms with Crippen molar-refractivity contribution >= 4 is 29.2 Å². The minimum atomic E-state index is -1.36. The molecule has 1 aliphatic heterocycles. The van der Waals surface area contributed by atoms with Crippen molar-refractivity contribution in [3.8, 4) is 18.1 Å². The van der Waals surface area contributed by atoms with Crippen LogP contribution in [0.1, 0.15) is 25.7 Å². The van der Waals surface area contributed by atoms with Crippen LogP contribution in [0.4, 0.5) is 11.4 Å². The topological polar surface area (TPSA) is 95.9 Å². The van der Waals surface area contributed by atoms with Crippen LogP contribution in [0.25, 0.3) is 0 Å². The minimum absolute atomic E-state index is 0.0849. The van der Waals surface area contributed by atoms with Gasteiger partial charge < -0.3 is 15.2 Å². The summed E-state index contributed by atoms with van der Waals surface area (Å²) in [5, 5.41) is 12.4. The van der Waals surface area contributed by atoms with E-state index in [9.17, 15) is 19.5 Å². The van der Waals surface area contributed by atoms with Crippen molar-refractivity contribution in [3.63, 3.8) is 0 Å². The number of carbonyl (C=O) groups excluding carboxylic acids is 2. The van der Waals surface area contributed by atoms with Gasteiger partial charge in [-0.15, -0.1) is 6.42 Å². The van der Waals surface area contributed by atoms with Gasteiger partial charge in [0.05, 0.1) is 5.69 Å². The monoisotopic (exact) mass is 328 g/mol.